The number of carbonyl (C=O) groups is 1. The molecule has 1 aromatic carbocycles. The molecular formula is C14H13BrClNOS. The van der Waals surface area contributed by atoms with Crippen LogP contribution in [0.15, 0.2) is 34.1 Å². The third-order valence-corrected chi connectivity index (χ3v) is 5.28. The molecule has 1 amide bonds. The summed E-state index contributed by atoms with van der Waals surface area (Å²) in [6, 6.07) is 9.29. The van der Waals surface area contributed by atoms with Crippen molar-refractivity contribution in [3.8, 4) is 0 Å². The van der Waals surface area contributed by atoms with Gasteiger partial charge in [-0.2, -0.15) is 0 Å². The van der Waals surface area contributed by atoms with E-state index in [1.54, 1.807) is 0 Å². The molecule has 19 heavy (non-hydrogen) atoms. The summed E-state index contributed by atoms with van der Waals surface area (Å²) in [5.41, 5.74) is 1.99. The first-order valence-corrected chi connectivity index (χ1v) is 7.79. The zero-order valence-electron chi connectivity index (χ0n) is 10.5. The molecule has 1 N–H and O–H groups in total. The van der Waals surface area contributed by atoms with Crippen LogP contribution in [-0.4, -0.2) is 5.91 Å². The summed E-state index contributed by atoms with van der Waals surface area (Å²) in [5.74, 6) is -0.0776. The van der Waals surface area contributed by atoms with Crippen molar-refractivity contribution in [1.82, 2.24) is 5.32 Å². The predicted octanol–water partition coefficient (Wildman–Crippen LogP) is 4.96. The third-order valence-electron chi connectivity index (χ3n) is 2.80. The van der Waals surface area contributed by atoms with Crippen LogP contribution in [-0.2, 0) is 0 Å². The number of benzene rings is 1. The van der Waals surface area contributed by atoms with Crippen molar-refractivity contribution in [2.45, 2.75) is 19.9 Å². The molecule has 0 bridgehead atoms. The number of nitrogens with one attached hydrogen (secondary N) is 1. The summed E-state index contributed by atoms with van der Waals surface area (Å²) in [4.78, 5) is 12.8. The molecule has 0 radical (unpaired) electrons. The summed E-state index contributed by atoms with van der Waals surface area (Å²) in [5, 5.41) is 3.63. The van der Waals surface area contributed by atoms with Gasteiger partial charge in [0, 0.05) is 5.02 Å². The zero-order valence-corrected chi connectivity index (χ0v) is 13.7. The van der Waals surface area contributed by atoms with Gasteiger partial charge in [-0.25, -0.2) is 0 Å². The van der Waals surface area contributed by atoms with Gasteiger partial charge in [0.25, 0.3) is 5.91 Å². The summed E-state index contributed by atoms with van der Waals surface area (Å²) in [6.45, 7) is 3.89. The quantitative estimate of drug-likeness (QED) is 0.825. The van der Waals surface area contributed by atoms with Gasteiger partial charge in [-0.3, -0.25) is 4.79 Å². The van der Waals surface area contributed by atoms with E-state index in [1.807, 2.05) is 44.2 Å². The summed E-state index contributed by atoms with van der Waals surface area (Å²) >= 11 is 11.0. The van der Waals surface area contributed by atoms with Crippen molar-refractivity contribution in [1.29, 1.82) is 0 Å². The molecule has 0 saturated heterocycles. The lowest BCUT2D eigenvalue weighted by Crippen LogP contribution is -2.26. The van der Waals surface area contributed by atoms with Gasteiger partial charge >= 0.3 is 0 Å². The first-order valence-electron chi connectivity index (χ1n) is 5.80. The number of carbonyl (C=O) groups excluding carboxylic acids is 1. The Morgan fingerprint density at radius 2 is 2.11 bits per heavy atom. The van der Waals surface area contributed by atoms with E-state index < -0.39 is 0 Å². The Balaban J connectivity index is 2.13. The van der Waals surface area contributed by atoms with Crippen LogP contribution in [0.5, 0.6) is 0 Å². The van der Waals surface area contributed by atoms with Crippen LogP contribution in [0, 0.1) is 6.92 Å². The SMILES string of the molecule is Cc1cc(C(=O)NC(C)c2ccccc2Cl)sc1Br. The van der Waals surface area contributed by atoms with Crippen LogP contribution >= 0.6 is 38.9 Å². The van der Waals surface area contributed by atoms with Gasteiger partial charge in [-0.05, 0) is 53.0 Å². The molecule has 100 valence electrons. The van der Waals surface area contributed by atoms with E-state index in [0.717, 1.165) is 14.9 Å². The van der Waals surface area contributed by atoms with Crippen molar-refractivity contribution in [2.24, 2.45) is 0 Å². The number of hydrogen-bond donors (Lipinski definition) is 1. The van der Waals surface area contributed by atoms with Crippen molar-refractivity contribution in [3.05, 3.63) is 55.1 Å². The highest BCUT2D eigenvalue weighted by Crippen LogP contribution is 2.28. The molecule has 1 aromatic heterocycles. The normalized spacial score (nSPS) is 12.2. The van der Waals surface area contributed by atoms with Crippen LogP contribution in [0.1, 0.15) is 33.8 Å². The highest BCUT2D eigenvalue weighted by molar-refractivity contribution is 9.11. The number of amides is 1. The van der Waals surface area contributed by atoms with E-state index in [0.29, 0.717) is 9.90 Å². The van der Waals surface area contributed by atoms with E-state index in [1.165, 1.54) is 11.3 Å². The van der Waals surface area contributed by atoms with Crippen molar-refractivity contribution >= 4 is 44.8 Å². The maximum atomic E-state index is 12.1. The Hall–Kier alpha value is -0.840. The van der Waals surface area contributed by atoms with Crippen LogP contribution < -0.4 is 5.32 Å². The number of rotatable bonds is 3. The fraction of sp³-hybridized carbons (Fsp3) is 0.214. The molecule has 0 aliphatic carbocycles. The summed E-state index contributed by atoms with van der Waals surface area (Å²) in [6.07, 6.45) is 0. The van der Waals surface area contributed by atoms with Gasteiger partial charge in [0.1, 0.15) is 0 Å². The average molecular weight is 359 g/mol. The molecule has 1 atom stereocenters. The van der Waals surface area contributed by atoms with E-state index >= 15 is 0 Å². The highest BCUT2D eigenvalue weighted by Gasteiger charge is 2.16. The topological polar surface area (TPSA) is 29.1 Å². The monoisotopic (exact) mass is 357 g/mol. The van der Waals surface area contributed by atoms with Crippen LogP contribution in [0.2, 0.25) is 5.02 Å². The number of hydrogen-bond acceptors (Lipinski definition) is 2. The van der Waals surface area contributed by atoms with Crippen molar-refractivity contribution < 1.29 is 4.79 Å². The lowest BCUT2D eigenvalue weighted by atomic mass is 10.1. The van der Waals surface area contributed by atoms with Gasteiger partial charge in [0.15, 0.2) is 0 Å². The second-order valence-electron chi connectivity index (χ2n) is 4.28. The van der Waals surface area contributed by atoms with Gasteiger partial charge in [0.2, 0.25) is 0 Å². The molecule has 2 rings (SSSR count). The Bertz CT molecular complexity index is 592. The minimum Gasteiger partial charge on any atom is -0.345 e. The van der Waals surface area contributed by atoms with Crippen LogP contribution in [0.25, 0.3) is 0 Å². The second kappa shape index (κ2) is 6.07. The van der Waals surface area contributed by atoms with E-state index in [-0.39, 0.29) is 11.9 Å². The first-order chi connectivity index (χ1) is 8.99. The van der Waals surface area contributed by atoms with E-state index in [9.17, 15) is 4.79 Å². The van der Waals surface area contributed by atoms with Gasteiger partial charge in [-0.15, -0.1) is 11.3 Å². The maximum Gasteiger partial charge on any atom is 0.261 e. The highest BCUT2D eigenvalue weighted by atomic mass is 79.9. The molecule has 1 heterocycles. The minimum atomic E-state index is -0.123. The molecule has 0 fully saturated rings. The Kier molecular flexibility index (Phi) is 4.66. The molecule has 2 nitrogen and oxygen atoms in total. The average Bonchev–Trinajstić information content (AvgIpc) is 2.70. The number of halogens is 2. The van der Waals surface area contributed by atoms with Crippen LogP contribution in [0.4, 0.5) is 0 Å². The molecule has 1 unspecified atom stereocenters. The summed E-state index contributed by atoms with van der Waals surface area (Å²) in [7, 11) is 0. The Labute approximate surface area is 129 Å². The summed E-state index contributed by atoms with van der Waals surface area (Å²) < 4.78 is 0.989. The van der Waals surface area contributed by atoms with Crippen LogP contribution in [0.3, 0.4) is 0 Å². The molecule has 0 aliphatic rings. The fourth-order valence-electron chi connectivity index (χ4n) is 1.74. The molecule has 2 aromatic rings. The van der Waals surface area contributed by atoms with Gasteiger partial charge < -0.3 is 5.32 Å². The minimum absolute atomic E-state index is 0.0776. The maximum absolute atomic E-state index is 12.1. The lowest BCUT2D eigenvalue weighted by Gasteiger charge is -2.14. The van der Waals surface area contributed by atoms with Crippen molar-refractivity contribution in [3.63, 3.8) is 0 Å². The number of aryl methyl sites for hydroxylation is 1. The predicted molar refractivity (Wildman–Crippen MR) is 84.1 cm³/mol. The molecule has 0 saturated carbocycles. The van der Waals surface area contributed by atoms with Crippen molar-refractivity contribution in [2.75, 3.05) is 0 Å². The van der Waals surface area contributed by atoms with E-state index in [4.69, 9.17) is 11.6 Å². The molecule has 5 heteroatoms. The molecular weight excluding hydrogens is 346 g/mol. The third kappa shape index (κ3) is 3.38. The molecule has 0 spiro atoms. The zero-order chi connectivity index (χ0) is 14.0. The lowest BCUT2D eigenvalue weighted by molar-refractivity contribution is 0.0944. The standard InChI is InChI=1S/C14H13BrClNOS/c1-8-7-12(19-13(8)15)14(18)17-9(2)10-5-3-4-6-11(10)16/h3-7,9H,1-2H3,(H,17,18). The van der Waals surface area contributed by atoms with E-state index in [2.05, 4.69) is 21.2 Å². The van der Waals surface area contributed by atoms with Gasteiger partial charge in [-0.1, -0.05) is 29.8 Å². The second-order valence-corrected chi connectivity index (χ2v) is 7.06. The fourth-order valence-corrected chi connectivity index (χ4v) is 3.48. The Morgan fingerprint density at radius 3 is 2.68 bits per heavy atom. The smallest absolute Gasteiger partial charge is 0.261 e. The Morgan fingerprint density at radius 1 is 1.42 bits per heavy atom. The largest absolute Gasteiger partial charge is 0.345 e. The molecule has 0 aliphatic heterocycles. The first kappa shape index (κ1) is 14.6. The van der Waals surface area contributed by atoms with Gasteiger partial charge in [0.05, 0.1) is 14.7 Å². The number of thiophene rings is 1.